The van der Waals surface area contributed by atoms with Crippen LogP contribution >= 0.6 is 46.3 Å². The Hall–Kier alpha value is -1.53. The average molecular weight is 437 g/mol. The summed E-state index contributed by atoms with van der Waals surface area (Å²) in [6.45, 7) is 5.45. The van der Waals surface area contributed by atoms with Gasteiger partial charge in [0.2, 0.25) is 5.91 Å². The normalized spacial score (nSPS) is 10.9. The van der Waals surface area contributed by atoms with E-state index in [4.69, 9.17) is 23.2 Å². The van der Waals surface area contributed by atoms with Crippen LogP contribution in [0.5, 0.6) is 0 Å². The Balaban J connectivity index is 1.87. The maximum absolute atomic E-state index is 12.4. The molecular formula is C20H18Cl2N2OS2. The van der Waals surface area contributed by atoms with Crippen molar-refractivity contribution in [1.29, 1.82) is 0 Å². The van der Waals surface area contributed by atoms with Crippen LogP contribution in [0.1, 0.15) is 23.7 Å². The van der Waals surface area contributed by atoms with E-state index in [1.54, 1.807) is 16.7 Å². The maximum atomic E-state index is 12.4. The van der Waals surface area contributed by atoms with Crippen molar-refractivity contribution in [2.75, 3.05) is 4.90 Å². The van der Waals surface area contributed by atoms with Crippen molar-refractivity contribution in [2.45, 2.75) is 31.4 Å². The molecule has 3 aromatic rings. The molecular weight excluding hydrogens is 419 g/mol. The molecule has 0 saturated heterocycles. The number of anilines is 2. The van der Waals surface area contributed by atoms with Crippen LogP contribution in [-0.4, -0.2) is 10.9 Å². The third kappa shape index (κ3) is 4.66. The smallest absolute Gasteiger partial charge is 0.230 e. The number of amides is 1. The summed E-state index contributed by atoms with van der Waals surface area (Å²) in [5, 5.41) is 3.85. The lowest BCUT2D eigenvalue weighted by Crippen LogP contribution is -2.24. The molecule has 7 heteroatoms. The number of benzene rings is 2. The SMILES string of the molecule is CC(=O)N(c1nc(CSc2ccccc2Cl)cs1)c1c(C)cc(C)cc1Cl. The Kier molecular flexibility index (Phi) is 6.48. The van der Waals surface area contributed by atoms with E-state index >= 15 is 0 Å². The van der Waals surface area contributed by atoms with Crippen LogP contribution < -0.4 is 4.90 Å². The number of halogens is 2. The molecule has 1 aromatic heterocycles. The van der Waals surface area contributed by atoms with Gasteiger partial charge in [-0.3, -0.25) is 9.69 Å². The standard InChI is InChI=1S/C20H18Cl2N2OS2/c1-12-8-13(2)19(17(22)9-12)24(14(3)25)20-23-15(11-27-20)10-26-18-7-5-4-6-16(18)21/h4-9,11H,10H2,1-3H3. The Labute approximate surface area is 177 Å². The quantitative estimate of drug-likeness (QED) is 0.401. The van der Waals surface area contributed by atoms with Crippen LogP contribution in [0, 0.1) is 13.8 Å². The van der Waals surface area contributed by atoms with Gasteiger partial charge in [-0.05, 0) is 43.2 Å². The van der Waals surface area contributed by atoms with Crippen molar-refractivity contribution in [3.63, 3.8) is 0 Å². The predicted molar refractivity (Wildman–Crippen MR) is 117 cm³/mol. The Morgan fingerprint density at radius 2 is 1.93 bits per heavy atom. The number of aryl methyl sites for hydroxylation is 2. The minimum atomic E-state index is -0.122. The average Bonchev–Trinajstić information content (AvgIpc) is 3.05. The second-order valence-corrected chi connectivity index (χ2v) is 8.78. The van der Waals surface area contributed by atoms with Crippen molar-refractivity contribution >= 4 is 63.0 Å². The van der Waals surface area contributed by atoms with E-state index in [-0.39, 0.29) is 5.91 Å². The summed E-state index contributed by atoms with van der Waals surface area (Å²) < 4.78 is 0. The highest BCUT2D eigenvalue weighted by Crippen LogP contribution is 2.38. The number of hydrogen-bond donors (Lipinski definition) is 0. The van der Waals surface area contributed by atoms with Crippen LogP contribution in [0.2, 0.25) is 10.0 Å². The fourth-order valence-electron chi connectivity index (χ4n) is 2.76. The highest BCUT2D eigenvalue weighted by atomic mass is 35.5. The molecule has 0 atom stereocenters. The summed E-state index contributed by atoms with van der Waals surface area (Å²) in [5.74, 6) is 0.551. The lowest BCUT2D eigenvalue weighted by atomic mass is 10.1. The highest BCUT2D eigenvalue weighted by Gasteiger charge is 2.22. The molecule has 0 aliphatic heterocycles. The zero-order valence-corrected chi connectivity index (χ0v) is 18.3. The van der Waals surface area contributed by atoms with E-state index in [1.807, 2.05) is 55.6 Å². The molecule has 0 spiro atoms. The molecule has 0 radical (unpaired) electrons. The van der Waals surface area contributed by atoms with Gasteiger partial charge in [0.25, 0.3) is 0 Å². The Morgan fingerprint density at radius 1 is 1.19 bits per heavy atom. The molecule has 0 bridgehead atoms. The summed E-state index contributed by atoms with van der Waals surface area (Å²) in [6.07, 6.45) is 0. The van der Waals surface area contributed by atoms with Crippen molar-refractivity contribution < 1.29 is 4.79 Å². The van der Waals surface area contributed by atoms with Crippen molar-refractivity contribution in [1.82, 2.24) is 4.98 Å². The molecule has 3 rings (SSSR count). The van der Waals surface area contributed by atoms with Gasteiger partial charge in [-0.25, -0.2) is 4.98 Å². The summed E-state index contributed by atoms with van der Waals surface area (Å²) in [7, 11) is 0. The van der Waals surface area contributed by atoms with Gasteiger partial charge in [0.1, 0.15) is 0 Å². The number of thioether (sulfide) groups is 1. The summed E-state index contributed by atoms with van der Waals surface area (Å²) in [6, 6.07) is 11.6. The number of aromatic nitrogens is 1. The van der Waals surface area contributed by atoms with Gasteiger partial charge >= 0.3 is 0 Å². The van der Waals surface area contributed by atoms with Crippen LogP contribution in [0.25, 0.3) is 0 Å². The maximum Gasteiger partial charge on any atom is 0.230 e. The molecule has 0 aliphatic rings. The molecule has 1 heterocycles. The topological polar surface area (TPSA) is 33.2 Å². The van der Waals surface area contributed by atoms with Crippen molar-refractivity contribution in [3.05, 3.63) is 68.6 Å². The molecule has 0 saturated carbocycles. The van der Waals surface area contributed by atoms with Gasteiger partial charge in [0, 0.05) is 23.0 Å². The molecule has 27 heavy (non-hydrogen) atoms. The van der Waals surface area contributed by atoms with Gasteiger partial charge in [0.15, 0.2) is 5.13 Å². The summed E-state index contributed by atoms with van der Waals surface area (Å²) in [4.78, 5) is 19.6. The molecule has 0 aliphatic carbocycles. The van der Waals surface area contributed by atoms with Gasteiger partial charge < -0.3 is 0 Å². The largest absolute Gasteiger partial charge is 0.274 e. The predicted octanol–water partition coefficient (Wildman–Crippen LogP) is 7.04. The van der Waals surface area contributed by atoms with Gasteiger partial charge in [-0.1, -0.05) is 41.4 Å². The molecule has 0 unspecified atom stereocenters. The first-order chi connectivity index (χ1) is 12.9. The number of hydrogen-bond acceptors (Lipinski definition) is 4. The first-order valence-corrected chi connectivity index (χ1v) is 10.9. The minimum absolute atomic E-state index is 0.122. The first kappa shape index (κ1) is 20.2. The monoisotopic (exact) mass is 436 g/mol. The fourth-order valence-corrected chi connectivity index (χ4v) is 5.27. The summed E-state index contributed by atoms with van der Waals surface area (Å²) >= 11 is 15.7. The third-order valence-electron chi connectivity index (χ3n) is 3.88. The van der Waals surface area contributed by atoms with Crippen LogP contribution in [0.3, 0.4) is 0 Å². The van der Waals surface area contributed by atoms with E-state index in [0.717, 1.165) is 26.7 Å². The third-order valence-corrected chi connectivity index (χ3v) is 6.59. The number of rotatable bonds is 5. The molecule has 2 aromatic carbocycles. The Bertz CT molecular complexity index is 965. The van der Waals surface area contributed by atoms with E-state index in [0.29, 0.717) is 21.6 Å². The molecule has 0 N–H and O–H groups in total. The molecule has 0 fully saturated rings. The van der Waals surface area contributed by atoms with Crippen LogP contribution in [0.4, 0.5) is 10.8 Å². The summed E-state index contributed by atoms with van der Waals surface area (Å²) in [5.41, 5.74) is 3.58. The highest BCUT2D eigenvalue weighted by molar-refractivity contribution is 7.98. The van der Waals surface area contributed by atoms with E-state index < -0.39 is 0 Å². The first-order valence-electron chi connectivity index (χ1n) is 8.26. The van der Waals surface area contributed by atoms with Crippen molar-refractivity contribution in [2.24, 2.45) is 0 Å². The van der Waals surface area contributed by atoms with Crippen LogP contribution in [0.15, 0.2) is 46.7 Å². The van der Waals surface area contributed by atoms with Gasteiger partial charge in [-0.2, -0.15) is 0 Å². The number of thiazole rings is 1. The van der Waals surface area contributed by atoms with Gasteiger partial charge in [-0.15, -0.1) is 23.1 Å². The van der Waals surface area contributed by atoms with E-state index in [1.165, 1.54) is 18.3 Å². The zero-order chi connectivity index (χ0) is 19.6. The number of carbonyl (C=O) groups excluding carboxylic acids is 1. The van der Waals surface area contributed by atoms with Gasteiger partial charge in [0.05, 0.1) is 21.4 Å². The zero-order valence-electron chi connectivity index (χ0n) is 15.1. The lowest BCUT2D eigenvalue weighted by Gasteiger charge is -2.22. The molecule has 3 nitrogen and oxygen atoms in total. The van der Waals surface area contributed by atoms with E-state index in [9.17, 15) is 4.79 Å². The minimum Gasteiger partial charge on any atom is -0.274 e. The number of carbonyl (C=O) groups is 1. The van der Waals surface area contributed by atoms with Crippen LogP contribution in [-0.2, 0) is 10.5 Å². The molecule has 1 amide bonds. The second-order valence-electron chi connectivity index (χ2n) is 6.11. The molecule has 140 valence electrons. The fraction of sp³-hybridized carbons (Fsp3) is 0.200. The lowest BCUT2D eigenvalue weighted by molar-refractivity contribution is -0.115. The van der Waals surface area contributed by atoms with Crippen molar-refractivity contribution in [3.8, 4) is 0 Å². The second kappa shape index (κ2) is 8.65. The Morgan fingerprint density at radius 3 is 2.59 bits per heavy atom. The van der Waals surface area contributed by atoms with E-state index in [2.05, 4.69) is 4.98 Å². The number of nitrogens with zero attached hydrogens (tertiary/aromatic N) is 2.